The second kappa shape index (κ2) is 5.72. The Labute approximate surface area is 131 Å². The van der Waals surface area contributed by atoms with Crippen LogP contribution >= 0.6 is 0 Å². The summed E-state index contributed by atoms with van der Waals surface area (Å²) in [5.74, 6) is -0.0730. The molecule has 0 aromatic carbocycles. The molecule has 3 saturated carbocycles. The van der Waals surface area contributed by atoms with E-state index in [0.29, 0.717) is 12.8 Å². The number of primary amides is 1. The van der Waals surface area contributed by atoms with Crippen LogP contribution in [0.25, 0.3) is 0 Å². The molecule has 6 nitrogen and oxygen atoms in total. The highest BCUT2D eigenvalue weighted by atomic mass is 16.5. The molecule has 0 radical (unpaired) electrons. The first kappa shape index (κ1) is 15.6. The highest BCUT2D eigenvalue weighted by molar-refractivity contribution is 5.93. The van der Waals surface area contributed by atoms with Gasteiger partial charge in [0.1, 0.15) is 5.54 Å². The predicted octanol–water partition coefficient (Wildman–Crippen LogP) is 1.43. The van der Waals surface area contributed by atoms with Crippen molar-refractivity contribution in [3.05, 3.63) is 0 Å². The fourth-order valence-corrected chi connectivity index (χ4v) is 4.33. The van der Waals surface area contributed by atoms with E-state index in [9.17, 15) is 9.59 Å². The van der Waals surface area contributed by atoms with E-state index in [0.717, 1.165) is 25.9 Å². The van der Waals surface area contributed by atoms with Crippen molar-refractivity contribution in [3.63, 3.8) is 0 Å². The van der Waals surface area contributed by atoms with Gasteiger partial charge < -0.3 is 21.1 Å². The van der Waals surface area contributed by atoms with Gasteiger partial charge in [0.15, 0.2) is 0 Å². The van der Waals surface area contributed by atoms with Crippen LogP contribution in [-0.2, 0) is 9.53 Å². The molecule has 6 heteroatoms. The lowest BCUT2D eigenvalue weighted by Gasteiger charge is -2.57. The average molecular weight is 309 g/mol. The Morgan fingerprint density at radius 3 is 2.41 bits per heavy atom. The predicted molar refractivity (Wildman–Crippen MR) is 82.2 cm³/mol. The van der Waals surface area contributed by atoms with Crippen LogP contribution in [0.15, 0.2) is 0 Å². The van der Waals surface area contributed by atoms with Gasteiger partial charge in [0.2, 0.25) is 5.91 Å². The second-order valence-electron chi connectivity index (χ2n) is 7.07. The lowest BCUT2D eigenvalue weighted by atomic mass is 9.55. The van der Waals surface area contributed by atoms with Crippen molar-refractivity contribution in [1.82, 2.24) is 10.6 Å². The van der Waals surface area contributed by atoms with E-state index >= 15 is 0 Å². The number of carbonyl (C=O) groups excluding carboxylic acids is 2. The molecule has 3 aliphatic carbocycles. The van der Waals surface area contributed by atoms with Gasteiger partial charge in [0.05, 0.1) is 6.10 Å². The van der Waals surface area contributed by atoms with Gasteiger partial charge in [-0.15, -0.1) is 0 Å². The van der Waals surface area contributed by atoms with E-state index in [1.165, 1.54) is 19.3 Å². The van der Waals surface area contributed by atoms with Crippen molar-refractivity contribution >= 4 is 11.9 Å². The maximum atomic E-state index is 12.5. The second-order valence-corrected chi connectivity index (χ2v) is 7.07. The quantitative estimate of drug-likeness (QED) is 0.717. The zero-order valence-electron chi connectivity index (χ0n) is 13.3. The van der Waals surface area contributed by atoms with Crippen LogP contribution < -0.4 is 16.4 Å². The van der Waals surface area contributed by atoms with Crippen molar-refractivity contribution < 1.29 is 14.3 Å². The number of amides is 3. The van der Waals surface area contributed by atoms with Crippen LogP contribution in [0.4, 0.5) is 4.79 Å². The van der Waals surface area contributed by atoms with Crippen LogP contribution in [0.3, 0.4) is 0 Å². The summed E-state index contributed by atoms with van der Waals surface area (Å²) < 4.78 is 5.91. The molecule has 22 heavy (non-hydrogen) atoms. The Morgan fingerprint density at radius 1 is 1.18 bits per heavy atom. The maximum absolute atomic E-state index is 12.5. The van der Waals surface area contributed by atoms with Crippen molar-refractivity contribution in [1.29, 1.82) is 0 Å². The Morgan fingerprint density at radius 2 is 1.86 bits per heavy atom. The molecule has 3 fully saturated rings. The van der Waals surface area contributed by atoms with Crippen molar-refractivity contribution in [2.45, 2.75) is 76.0 Å². The van der Waals surface area contributed by atoms with Gasteiger partial charge in [-0.1, -0.05) is 19.3 Å². The van der Waals surface area contributed by atoms with E-state index in [1.807, 2.05) is 6.92 Å². The largest absolute Gasteiger partial charge is 0.378 e. The van der Waals surface area contributed by atoms with E-state index in [2.05, 4.69) is 10.6 Å². The number of rotatable bonds is 5. The van der Waals surface area contributed by atoms with Crippen molar-refractivity contribution in [3.8, 4) is 0 Å². The monoisotopic (exact) mass is 309 g/mol. The van der Waals surface area contributed by atoms with E-state index in [-0.39, 0.29) is 23.5 Å². The zero-order chi connectivity index (χ0) is 15.8. The summed E-state index contributed by atoms with van der Waals surface area (Å²) >= 11 is 0. The third kappa shape index (κ3) is 2.57. The molecule has 1 spiro atoms. The van der Waals surface area contributed by atoms with Gasteiger partial charge >= 0.3 is 6.03 Å². The van der Waals surface area contributed by atoms with E-state index in [1.54, 1.807) is 0 Å². The fourth-order valence-electron chi connectivity index (χ4n) is 4.33. The molecular formula is C16H27N3O3. The molecule has 4 N–H and O–H groups in total. The number of nitrogens with one attached hydrogen (secondary N) is 2. The molecule has 0 unspecified atom stereocenters. The number of nitrogens with two attached hydrogens (primary N) is 1. The first-order chi connectivity index (χ1) is 10.5. The number of urea groups is 1. The molecule has 0 aromatic rings. The van der Waals surface area contributed by atoms with E-state index < -0.39 is 11.6 Å². The van der Waals surface area contributed by atoms with Crippen LogP contribution in [0.5, 0.6) is 0 Å². The Bertz CT molecular complexity index is 456. The third-order valence-electron chi connectivity index (χ3n) is 5.79. The third-order valence-corrected chi connectivity index (χ3v) is 5.79. The molecule has 0 heterocycles. The number of hydrogen-bond acceptors (Lipinski definition) is 3. The lowest BCUT2D eigenvalue weighted by molar-refractivity contribution is -0.158. The SMILES string of the molecule is CCO[C@@H]1C[C@H](NC(=O)C2(NC(N)=O)CC2)C12CCCCC2. The molecular weight excluding hydrogens is 282 g/mol. The van der Waals surface area contributed by atoms with Crippen molar-refractivity contribution in [2.75, 3.05) is 6.61 Å². The Balaban J connectivity index is 1.64. The average Bonchev–Trinajstić information content (AvgIpc) is 3.27. The molecule has 3 aliphatic rings. The first-order valence-electron chi connectivity index (χ1n) is 8.53. The smallest absolute Gasteiger partial charge is 0.313 e. The molecule has 0 aromatic heterocycles. The molecule has 3 amide bonds. The molecule has 2 atom stereocenters. The molecule has 0 bridgehead atoms. The molecule has 0 saturated heterocycles. The number of hydrogen-bond donors (Lipinski definition) is 3. The van der Waals surface area contributed by atoms with Gasteiger partial charge in [-0.05, 0) is 39.0 Å². The summed E-state index contributed by atoms with van der Waals surface area (Å²) in [6.07, 6.45) is 8.44. The maximum Gasteiger partial charge on any atom is 0.313 e. The van der Waals surface area contributed by atoms with Gasteiger partial charge in [0, 0.05) is 18.1 Å². The summed E-state index contributed by atoms with van der Waals surface area (Å²) in [4.78, 5) is 23.6. The number of carbonyl (C=O) groups is 2. The zero-order valence-corrected chi connectivity index (χ0v) is 13.3. The highest BCUT2D eigenvalue weighted by Gasteiger charge is 2.59. The normalized spacial score (nSPS) is 31.1. The van der Waals surface area contributed by atoms with E-state index in [4.69, 9.17) is 10.5 Å². The molecule has 3 rings (SSSR count). The lowest BCUT2D eigenvalue weighted by Crippen LogP contribution is -2.67. The standard InChI is InChI=1S/C16H27N3O3/c1-2-22-12-10-11(15(12)6-4-3-5-7-15)18-13(20)16(8-9-16)19-14(17)21/h11-12H,2-10H2,1H3,(H,18,20)(H3,17,19,21)/t11-,12+/m0/s1. The summed E-state index contributed by atoms with van der Waals surface area (Å²) in [6.45, 7) is 2.75. The summed E-state index contributed by atoms with van der Waals surface area (Å²) in [7, 11) is 0. The van der Waals surface area contributed by atoms with Gasteiger partial charge in [-0.2, -0.15) is 0 Å². The molecule has 0 aliphatic heterocycles. The topological polar surface area (TPSA) is 93.4 Å². The van der Waals surface area contributed by atoms with Crippen molar-refractivity contribution in [2.24, 2.45) is 11.1 Å². The summed E-state index contributed by atoms with van der Waals surface area (Å²) in [6, 6.07) is -0.454. The van der Waals surface area contributed by atoms with Crippen LogP contribution in [-0.4, -0.2) is 36.2 Å². The fraction of sp³-hybridized carbons (Fsp3) is 0.875. The van der Waals surface area contributed by atoms with Gasteiger partial charge in [-0.25, -0.2) is 4.79 Å². The van der Waals surface area contributed by atoms with Gasteiger partial charge in [-0.3, -0.25) is 4.79 Å². The summed E-state index contributed by atoms with van der Waals surface area (Å²) in [5, 5.41) is 5.79. The first-order valence-corrected chi connectivity index (χ1v) is 8.53. The van der Waals surface area contributed by atoms with Crippen LogP contribution in [0.1, 0.15) is 58.3 Å². The Kier molecular flexibility index (Phi) is 4.05. The molecule has 124 valence electrons. The van der Waals surface area contributed by atoms with Crippen LogP contribution in [0, 0.1) is 5.41 Å². The minimum absolute atomic E-state index is 0.0730. The number of ether oxygens (including phenoxy) is 1. The van der Waals surface area contributed by atoms with Crippen LogP contribution in [0.2, 0.25) is 0 Å². The highest BCUT2D eigenvalue weighted by Crippen LogP contribution is 2.53. The minimum Gasteiger partial charge on any atom is -0.378 e. The Hall–Kier alpha value is -1.30. The summed E-state index contributed by atoms with van der Waals surface area (Å²) in [5.41, 5.74) is 4.53. The minimum atomic E-state index is -0.752. The van der Waals surface area contributed by atoms with Gasteiger partial charge in [0.25, 0.3) is 0 Å².